The number of nitrogens with one attached hydrogen (secondary N) is 1. The molecule has 0 unspecified atom stereocenters. The van der Waals surface area contributed by atoms with Gasteiger partial charge in [-0.25, -0.2) is 0 Å². The van der Waals surface area contributed by atoms with Crippen molar-refractivity contribution in [3.8, 4) is 0 Å². The van der Waals surface area contributed by atoms with Crippen LogP contribution in [0.5, 0.6) is 0 Å². The Labute approximate surface area is 131 Å². The van der Waals surface area contributed by atoms with Crippen LogP contribution in [0.1, 0.15) is 11.6 Å². The molecule has 6 nitrogen and oxygen atoms in total. The third kappa shape index (κ3) is 3.89. The number of hydrogen-bond donors (Lipinski definition) is 2. The number of nitro benzene ring substituents is 1. The molecule has 1 aliphatic heterocycles. The molecule has 0 amide bonds. The Hall–Kier alpha value is -0.730. The third-order valence-corrected chi connectivity index (χ3v) is 3.99. The molecule has 1 heterocycles. The first-order valence-electron chi connectivity index (χ1n) is 6.13. The van der Waals surface area contributed by atoms with Crippen LogP contribution in [0.4, 0.5) is 5.69 Å². The summed E-state index contributed by atoms with van der Waals surface area (Å²) in [5, 5.41) is 23.8. The number of rotatable bonds is 4. The minimum Gasteiger partial charge on any atom is -0.394 e. The van der Waals surface area contributed by atoms with Crippen LogP contribution in [0.2, 0.25) is 0 Å². The number of benzene rings is 1. The number of nitrogens with zero attached hydrogens (tertiary/aromatic N) is 2. The van der Waals surface area contributed by atoms with Gasteiger partial charge in [0.05, 0.1) is 22.0 Å². The average Bonchev–Trinajstić information content (AvgIpc) is 2.42. The van der Waals surface area contributed by atoms with E-state index in [1.165, 1.54) is 6.07 Å². The molecule has 2 N–H and O–H groups in total. The molecule has 0 bridgehead atoms. The van der Waals surface area contributed by atoms with Gasteiger partial charge in [-0.2, -0.15) is 0 Å². The standard InChI is InChI=1S/C12H16BrN3O3.ClH/c13-10-2-1-9(7-11(10)16(18)19)12(8-17)15-5-3-14-4-6-15;/h1-2,7,12,14,17H,3-6,8H2;1H/t12-;/m1./s1. The van der Waals surface area contributed by atoms with Crippen molar-refractivity contribution in [1.82, 2.24) is 10.2 Å². The zero-order chi connectivity index (χ0) is 13.8. The summed E-state index contributed by atoms with van der Waals surface area (Å²) in [4.78, 5) is 12.7. The highest BCUT2D eigenvalue weighted by Crippen LogP contribution is 2.30. The summed E-state index contributed by atoms with van der Waals surface area (Å²) in [6, 6.07) is 4.83. The van der Waals surface area contributed by atoms with Gasteiger partial charge in [0.2, 0.25) is 0 Å². The van der Waals surface area contributed by atoms with E-state index in [0.717, 1.165) is 31.7 Å². The van der Waals surface area contributed by atoms with Crippen LogP contribution in [0, 0.1) is 10.1 Å². The number of piperazine rings is 1. The van der Waals surface area contributed by atoms with Gasteiger partial charge < -0.3 is 10.4 Å². The summed E-state index contributed by atoms with van der Waals surface area (Å²) < 4.78 is 0.457. The van der Waals surface area contributed by atoms with E-state index in [-0.39, 0.29) is 30.7 Å². The molecule has 20 heavy (non-hydrogen) atoms. The number of nitro groups is 1. The molecular weight excluding hydrogens is 350 g/mol. The maximum absolute atomic E-state index is 11.0. The van der Waals surface area contributed by atoms with Gasteiger partial charge >= 0.3 is 0 Å². The fraction of sp³-hybridized carbons (Fsp3) is 0.500. The van der Waals surface area contributed by atoms with E-state index in [4.69, 9.17) is 0 Å². The smallest absolute Gasteiger partial charge is 0.283 e. The molecule has 8 heteroatoms. The Balaban J connectivity index is 0.00000200. The number of aliphatic hydroxyl groups is 1. The van der Waals surface area contributed by atoms with E-state index in [1.54, 1.807) is 6.07 Å². The lowest BCUT2D eigenvalue weighted by Crippen LogP contribution is -2.46. The number of hydrogen-bond acceptors (Lipinski definition) is 5. The van der Waals surface area contributed by atoms with Crippen LogP contribution in [0.25, 0.3) is 0 Å². The summed E-state index contributed by atoms with van der Waals surface area (Å²) >= 11 is 3.17. The van der Waals surface area contributed by atoms with Crippen molar-refractivity contribution in [1.29, 1.82) is 0 Å². The average molecular weight is 367 g/mol. The van der Waals surface area contributed by atoms with E-state index >= 15 is 0 Å². The zero-order valence-electron chi connectivity index (χ0n) is 10.8. The van der Waals surface area contributed by atoms with Gasteiger partial charge in [0, 0.05) is 32.2 Å². The van der Waals surface area contributed by atoms with Gasteiger partial charge in [0.1, 0.15) is 0 Å². The van der Waals surface area contributed by atoms with Crippen LogP contribution in [0.3, 0.4) is 0 Å². The lowest BCUT2D eigenvalue weighted by molar-refractivity contribution is -0.385. The molecule has 0 aromatic heterocycles. The Morgan fingerprint density at radius 2 is 2.10 bits per heavy atom. The SMILES string of the molecule is Cl.O=[N+]([O-])c1cc([C@@H](CO)N2CCNCC2)ccc1Br. The predicted molar refractivity (Wildman–Crippen MR) is 82.3 cm³/mol. The van der Waals surface area contributed by atoms with E-state index in [1.807, 2.05) is 6.07 Å². The monoisotopic (exact) mass is 365 g/mol. The van der Waals surface area contributed by atoms with Crippen molar-refractivity contribution in [2.24, 2.45) is 0 Å². The summed E-state index contributed by atoms with van der Waals surface area (Å²) in [5.74, 6) is 0. The summed E-state index contributed by atoms with van der Waals surface area (Å²) in [5.41, 5.74) is 0.811. The number of halogens is 2. The molecule has 0 aliphatic carbocycles. The lowest BCUT2D eigenvalue weighted by atomic mass is 10.0. The zero-order valence-corrected chi connectivity index (χ0v) is 13.2. The summed E-state index contributed by atoms with van der Waals surface area (Å²) in [7, 11) is 0. The van der Waals surface area contributed by atoms with Crippen molar-refractivity contribution in [3.05, 3.63) is 38.3 Å². The van der Waals surface area contributed by atoms with Crippen molar-refractivity contribution in [3.63, 3.8) is 0 Å². The van der Waals surface area contributed by atoms with Crippen molar-refractivity contribution >= 4 is 34.0 Å². The maximum Gasteiger partial charge on any atom is 0.283 e. The molecule has 0 spiro atoms. The van der Waals surface area contributed by atoms with Gasteiger partial charge in [-0.1, -0.05) is 6.07 Å². The first kappa shape index (κ1) is 17.3. The second-order valence-electron chi connectivity index (χ2n) is 4.45. The molecule has 1 atom stereocenters. The van der Waals surface area contributed by atoms with Crippen LogP contribution < -0.4 is 5.32 Å². The Morgan fingerprint density at radius 1 is 1.45 bits per heavy atom. The van der Waals surface area contributed by atoms with E-state index in [0.29, 0.717) is 4.47 Å². The molecule has 2 rings (SSSR count). The molecule has 0 saturated carbocycles. The minimum absolute atomic E-state index is 0. The molecule has 1 saturated heterocycles. The van der Waals surface area contributed by atoms with Crippen LogP contribution in [-0.2, 0) is 0 Å². The Bertz CT molecular complexity index is 469. The molecule has 0 radical (unpaired) electrons. The molecule has 112 valence electrons. The normalized spacial score (nSPS) is 17.3. The van der Waals surface area contributed by atoms with Gasteiger partial charge in [-0.05, 0) is 27.6 Å². The van der Waals surface area contributed by atoms with Crippen molar-refractivity contribution in [2.45, 2.75) is 6.04 Å². The molecule has 1 fully saturated rings. The van der Waals surface area contributed by atoms with E-state index < -0.39 is 4.92 Å². The van der Waals surface area contributed by atoms with Gasteiger partial charge in [-0.15, -0.1) is 12.4 Å². The van der Waals surface area contributed by atoms with Crippen LogP contribution in [-0.4, -0.2) is 47.7 Å². The highest BCUT2D eigenvalue weighted by molar-refractivity contribution is 9.10. The second-order valence-corrected chi connectivity index (χ2v) is 5.31. The topological polar surface area (TPSA) is 78.6 Å². The fourth-order valence-corrected chi connectivity index (χ4v) is 2.69. The Kier molecular flexibility index (Phi) is 6.84. The Morgan fingerprint density at radius 3 is 2.65 bits per heavy atom. The van der Waals surface area contributed by atoms with Gasteiger partial charge in [0.25, 0.3) is 5.69 Å². The highest BCUT2D eigenvalue weighted by atomic mass is 79.9. The molecular formula is C12H17BrClN3O3. The lowest BCUT2D eigenvalue weighted by Gasteiger charge is -2.34. The first-order chi connectivity index (χ1) is 9.13. The van der Waals surface area contributed by atoms with Crippen LogP contribution in [0.15, 0.2) is 22.7 Å². The molecule has 1 aromatic rings. The minimum atomic E-state index is -0.417. The van der Waals surface area contributed by atoms with E-state index in [2.05, 4.69) is 26.1 Å². The molecule has 1 aliphatic rings. The third-order valence-electron chi connectivity index (χ3n) is 3.32. The predicted octanol–water partition coefficient (Wildman–Crippen LogP) is 1.72. The highest BCUT2D eigenvalue weighted by Gasteiger charge is 2.23. The fourth-order valence-electron chi connectivity index (χ4n) is 2.30. The van der Waals surface area contributed by atoms with Gasteiger partial charge in [0.15, 0.2) is 0 Å². The summed E-state index contributed by atoms with van der Waals surface area (Å²) in [6.07, 6.45) is 0. The quantitative estimate of drug-likeness (QED) is 0.626. The van der Waals surface area contributed by atoms with E-state index in [9.17, 15) is 15.2 Å². The van der Waals surface area contributed by atoms with Gasteiger partial charge in [-0.3, -0.25) is 15.0 Å². The summed E-state index contributed by atoms with van der Waals surface area (Å²) in [6.45, 7) is 3.35. The van der Waals surface area contributed by atoms with Crippen molar-refractivity contribution < 1.29 is 10.0 Å². The largest absolute Gasteiger partial charge is 0.394 e. The van der Waals surface area contributed by atoms with Crippen LogP contribution >= 0.6 is 28.3 Å². The second kappa shape index (κ2) is 7.90. The number of aliphatic hydroxyl groups excluding tert-OH is 1. The maximum atomic E-state index is 11.0. The molecule has 1 aromatic carbocycles. The first-order valence-corrected chi connectivity index (χ1v) is 6.92. The van der Waals surface area contributed by atoms with Crippen molar-refractivity contribution in [2.75, 3.05) is 32.8 Å².